The molecule has 2 heterocycles. The third kappa shape index (κ3) is 6.64. The van der Waals surface area contributed by atoms with Crippen molar-refractivity contribution in [3.8, 4) is 0 Å². The number of para-hydroxylation sites is 1. The van der Waals surface area contributed by atoms with E-state index < -0.39 is 29.8 Å². The Hall–Kier alpha value is -3.04. The van der Waals surface area contributed by atoms with Gasteiger partial charge >= 0.3 is 5.97 Å². The predicted octanol–water partition coefficient (Wildman–Crippen LogP) is 4.86. The number of carbonyl (C=O) groups excluding carboxylic acids is 3. The quantitative estimate of drug-likeness (QED) is 0.378. The summed E-state index contributed by atoms with van der Waals surface area (Å²) in [7, 11) is 0. The maximum atomic E-state index is 13.3. The first-order valence-corrected chi connectivity index (χ1v) is 13.4. The van der Waals surface area contributed by atoms with Crippen LogP contribution in [0.5, 0.6) is 0 Å². The van der Waals surface area contributed by atoms with Crippen molar-refractivity contribution in [2.75, 3.05) is 11.9 Å². The Balaban J connectivity index is 1.43. The molecule has 2 aromatic rings. The topological polar surface area (TPSA) is 106 Å². The van der Waals surface area contributed by atoms with Gasteiger partial charge in [0, 0.05) is 15.4 Å². The fourth-order valence-corrected chi connectivity index (χ4v) is 5.08. The van der Waals surface area contributed by atoms with Crippen LogP contribution in [0.15, 0.2) is 52.3 Å². The summed E-state index contributed by atoms with van der Waals surface area (Å²) in [5.41, 5.74) is 1.64. The van der Waals surface area contributed by atoms with Crippen LogP contribution in [0, 0.1) is 11.3 Å². The average Bonchev–Trinajstić information content (AvgIpc) is 3.27. The fourth-order valence-electron chi connectivity index (χ4n) is 4.11. The maximum absolute atomic E-state index is 13.3. The van der Waals surface area contributed by atoms with Gasteiger partial charge in [-0.15, -0.1) is 0 Å². The zero-order valence-corrected chi connectivity index (χ0v) is 22.7. The molecular weight excluding hydrogens is 490 g/mol. The maximum Gasteiger partial charge on any atom is 0.313 e. The fraction of sp³-hybridized carbons (Fsp3) is 0.464. The summed E-state index contributed by atoms with van der Waals surface area (Å²) < 4.78 is 11.1. The third-order valence-electron chi connectivity index (χ3n) is 6.15. The summed E-state index contributed by atoms with van der Waals surface area (Å²) in [6.45, 7) is 9.66. The molecule has 1 fully saturated rings. The van der Waals surface area contributed by atoms with Crippen molar-refractivity contribution >= 4 is 40.9 Å². The molecule has 0 bridgehead atoms. The highest BCUT2D eigenvalue weighted by Crippen LogP contribution is 2.44. The molecule has 3 atom stereocenters. The largest absolute Gasteiger partial charge is 0.433 e. The molecule has 3 N–H and O–H groups in total. The summed E-state index contributed by atoms with van der Waals surface area (Å²) in [5, 5.41) is 9.24. The van der Waals surface area contributed by atoms with Gasteiger partial charge in [-0.3, -0.25) is 14.4 Å². The van der Waals surface area contributed by atoms with Crippen LogP contribution < -0.4 is 16.0 Å². The van der Waals surface area contributed by atoms with Gasteiger partial charge in [0.2, 0.25) is 12.2 Å². The van der Waals surface area contributed by atoms with Crippen LogP contribution in [0.4, 0.5) is 11.4 Å². The Morgan fingerprint density at radius 3 is 2.57 bits per heavy atom. The van der Waals surface area contributed by atoms with Crippen molar-refractivity contribution in [3.63, 3.8) is 0 Å². The van der Waals surface area contributed by atoms with Gasteiger partial charge in [0.1, 0.15) is 6.04 Å². The molecule has 9 heteroatoms. The highest BCUT2D eigenvalue weighted by atomic mass is 32.2. The van der Waals surface area contributed by atoms with Crippen LogP contribution in [0.2, 0.25) is 0 Å². The van der Waals surface area contributed by atoms with Crippen molar-refractivity contribution in [2.45, 2.75) is 75.6 Å². The number of anilines is 2. The zero-order chi connectivity index (χ0) is 26.7. The molecule has 0 spiro atoms. The summed E-state index contributed by atoms with van der Waals surface area (Å²) in [4.78, 5) is 41.0. The minimum atomic E-state index is -0.849. The van der Waals surface area contributed by atoms with E-state index in [0.717, 1.165) is 21.2 Å². The SMILES string of the molecule is CC(C)C[C@H](NC(=O)c1ccc2c(c1)Nc1ccccc1S2)C(=O)N[C@H]1CCOC1OC(=O)C(C)(C)C. The van der Waals surface area contributed by atoms with Crippen molar-refractivity contribution in [2.24, 2.45) is 11.3 Å². The number of hydrogen-bond acceptors (Lipinski definition) is 7. The normalized spacial score (nSPS) is 19.3. The summed E-state index contributed by atoms with van der Waals surface area (Å²) in [6.07, 6.45) is 0.133. The van der Waals surface area contributed by atoms with Crippen molar-refractivity contribution in [1.29, 1.82) is 0 Å². The van der Waals surface area contributed by atoms with Crippen LogP contribution in [0.3, 0.4) is 0 Å². The van der Waals surface area contributed by atoms with Crippen molar-refractivity contribution in [3.05, 3.63) is 48.0 Å². The lowest BCUT2D eigenvalue weighted by Gasteiger charge is -2.26. The lowest BCUT2D eigenvalue weighted by molar-refractivity contribution is -0.182. The van der Waals surface area contributed by atoms with Gasteiger partial charge < -0.3 is 25.4 Å². The second kappa shape index (κ2) is 11.1. The molecule has 1 saturated heterocycles. The molecule has 0 aromatic heterocycles. The minimum Gasteiger partial charge on any atom is -0.433 e. The van der Waals surface area contributed by atoms with Gasteiger partial charge in [0.15, 0.2) is 0 Å². The number of carbonyl (C=O) groups is 3. The number of fused-ring (bicyclic) bond motifs is 2. The van der Waals surface area contributed by atoms with Crippen LogP contribution >= 0.6 is 11.8 Å². The van der Waals surface area contributed by atoms with Gasteiger partial charge in [0.05, 0.1) is 29.4 Å². The van der Waals surface area contributed by atoms with Gasteiger partial charge in [0.25, 0.3) is 5.91 Å². The van der Waals surface area contributed by atoms with Crippen LogP contribution in [0.25, 0.3) is 0 Å². The van der Waals surface area contributed by atoms with Crippen LogP contribution in [-0.4, -0.2) is 42.8 Å². The number of ether oxygens (including phenoxy) is 2. The van der Waals surface area contributed by atoms with E-state index in [-0.39, 0.29) is 17.7 Å². The Kier molecular flexibility index (Phi) is 8.14. The molecule has 2 aromatic carbocycles. The molecule has 37 heavy (non-hydrogen) atoms. The second-order valence-electron chi connectivity index (χ2n) is 10.9. The standard InChI is InChI=1S/C28H35N3O5S/c1-16(2)14-21(25(33)30-19-12-13-35-26(19)36-27(34)28(3,4)5)31-24(32)17-10-11-23-20(15-17)29-18-8-6-7-9-22(18)37-23/h6-11,15-16,19,21,26,29H,12-14H2,1-5H3,(H,30,33)(H,31,32)/t19-,21-,26?/m0/s1. The monoisotopic (exact) mass is 525 g/mol. The molecular formula is C28H35N3O5S. The lowest BCUT2D eigenvalue weighted by Crippen LogP contribution is -2.52. The number of rotatable bonds is 7. The highest BCUT2D eigenvalue weighted by Gasteiger charge is 2.37. The predicted molar refractivity (Wildman–Crippen MR) is 143 cm³/mol. The summed E-state index contributed by atoms with van der Waals surface area (Å²) in [5.74, 6) is -0.876. The average molecular weight is 526 g/mol. The second-order valence-corrected chi connectivity index (χ2v) is 12.0. The number of nitrogens with one attached hydrogen (secondary N) is 3. The van der Waals surface area contributed by atoms with Gasteiger partial charge in [-0.25, -0.2) is 0 Å². The lowest BCUT2D eigenvalue weighted by atomic mass is 9.97. The highest BCUT2D eigenvalue weighted by molar-refractivity contribution is 7.99. The Labute approximate surface area is 222 Å². The van der Waals surface area contributed by atoms with E-state index in [1.807, 2.05) is 44.2 Å². The molecule has 2 amide bonds. The minimum absolute atomic E-state index is 0.170. The first-order valence-electron chi connectivity index (χ1n) is 12.6. The van der Waals surface area contributed by atoms with E-state index in [1.54, 1.807) is 38.6 Å². The number of benzene rings is 2. The Morgan fingerprint density at radius 1 is 1.11 bits per heavy atom. The summed E-state index contributed by atoms with van der Waals surface area (Å²) in [6, 6.07) is 12.3. The van der Waals surface area contributed by atoms with E-state index >= 15 is 0 Å². The van der Waals surface area contributed by atoms with Gasteiger partial charge in [-0.05, 0) is 69.9 Å². The Bertz CT molecular complexity index is 1180. The zero-order valence-electron chi connectivity index (χ0n) is 21.9. The molecule has 2 aliphatic rings. The van der Waals surface area contributed by atoms with E-state index in [9.17, 15) is 14.4 Å². The number of esters is 1. The van der Waals surface area contributed by atoms with Crippen molar-refractivity contribution in [1.82, 2.24) is 10.6 Å². The molecule has 1 unspecified atom stereocenters. The van der Waals surface area contributed by atoms with Crippen LogP contribution in [0.1, 0.15) is 57.8 Å². The number of amides is 2. The molecule has 0 saturated carbocycles. The smallest absolute Gasteiger partial charge is 0.313 e. The molecule has 198 valence electrons. The van der Waals surface area contributed by atoms with Gasteiger partial charge in [-0.1, -0.05) is 37.7 Å². The molecule has 0 aliphatic carbocycles. The molecule has 4 rings (SSSR count). The van der Waals surface area contributed by atoms with E-state index in [0.29, 0.717) is 25.0 Å². The third-order valence-corrected chi connectivity index (χ3v) is 7.30. The molecule has 2 aliphatic heterocycles. The number of hydrogen-bond donors (Lipinski definition) is 3. The Morgan fingerprint density at radius 2 is 1.84 bits per heavy atom. The van der Waals surface area contributed by atoms with Crippen LogP contribution in [-0.2, 0) is 19.1 Å². The molecule has 0 radical (unpaired) electrons. The summed E-state index contributed by atoms with van der Waals surface area (Å²) >= 11 is 1.65. The van der Waals surface area contributed by atoms with Crippen molar-refractivity contribution < 1.29 is 23.9 Å². The van der Waals surface area contributed by atoms with E-state index in [1.165, 1.54) is 0 Å². The van der Waals surface area contributed by atoms with E-state index in [2.05, 4.69) is 22.0 Å². The van der Waals surface area contributed by atoms with E-state index in [4.69, 9.17) is 9.47 Å². The first-order chi connectivity index (χ1) is 17.5. The van der Waals surface area contributed by atoms with Gasteiger partial charge in [-0.2, -0.15) is 0 Å². The first kappa shape index (κ1) is 27.0. The molecule has 8 nitrogen and oxygen atoms in total.